The van der Waals surface area contributed by atoms with Crippen molar-refractivity contribution in [1.82, 2.24) is 0 Å². The summed E-state index contributed by atoms with van der Waals surface area (Å²) in [6.45, 7) is 1.15. The van der Waals surface area contributed by atoms with Gasteiger partial charge in [-0.15, -0.1) is 0 Å². The van der Waals surface area contributed by atoms with E-state index in [1.807, 2.05) is 12.1 Å². The number of carbonyl (C=O) groups is 1. The molecule has 0 N–H and O–H groups in total. The molecule has 0 bridgehead atoms. The lowest BCUT2D eigenvalue weighted by Crippen LogP contribution is -2.17. The Bertz CT molecular complexity index is 452. The maximum atomic E-state index is 11.1. The van der Waals surface area contributed by atoms with E-state index in [0.29, 0.717) is 13.2 Å². The van der Waals surface area contributed by atoms with Crippen molar-refractivity contribution in [3.8, 4) is 11.5 Å². The number of aldehydes is 1. The van der Waals surface area contributed by atoms with E-state index in [1.54, 1.807) is 0 Å². The van der Waals surface area contributed by atoms with Crippen LogP contribution in [0.5, 0.6) is 11.5 Å². The topological polar surface area (TPSA) is 35.5 Å². The van der Waals surface area contributed by atoms with Crippen molar-refractivity contribution >= 4 is 22.2 Å². The predicted molar refractivity (Wildman–Crippen MR) is 62.1 cm³/mol. The molecular weight excluding hydrogens is 272 g/mol. The first-order valence-electron chi connectivity index (χ1n) is 5.31. The lowest BCUT2D eigenvalue weighted by atomic mass is 9.97. The Balaban J connectivity index is 2.09. The zero-order valence-corrected chi connectivity index (χ0v) is 10.2. The molecule has 1 aromatic carbocycles. The second kappa shape index (κ2) is 3.48. The number of hydrogen-bond acceptors (Lipinski definition) is 3. The standard InChI is InChI=1S/C12H11BrO3/c13-9-6-11-10(15-3-4-16-11)5-8(9)12(7-14)1-2-12/h5-7H,1-4H2. The van der Waals surface area contributed by atoms with Gasteiger partial charge in [0.15, 0.2) is 11.5 Å². The normalized spacial score (nSPS) is 20.3. The molecule has 16 heavy (non-hydrogen) atoms. The van der Waals surface area contributed by atoms with Gasteiger partial charge in [0, 0.05) is 4.47 Å². The summed E-state index contributed by atoms with van der Waals surface area (Å²) in [6.07, 6.45) is 2.90. The summed E-state index contributed by atoms with van der Waals surface area (Å²) in [5.41, 5.74) is 0.737. The fourth-order valence-electron chi connectivity index (χ4n) is 2.03. The molecule has 1 saturated carbocycles. The fourth-order valence-corrected chi connectivity index (χ4v) is 2.75. The molecule has 1 heterocycles. The minimum absolute atomic E-state index is 0.283. The first-order valence-corrected chi connectivity index (χ1v) is 6.10. The van der Waals surface area contributed by atoms with E-state index in [4.69, 9.17) is 9.47 Å². The van der Waals surface area contributed by atoms with Crippen molar-refractivity contribution in [2.75, 3.05) is 13.2 Å². The summed E-state index contributed by atoms with van der Waals surface area (Å²) >= 11 is 3.50. The molecule has 3 rings (SSSR count). The van der Waals surface area contributed by atoms with Crippen molar-refractivity contribution in [2.24, 2.45) is 0 Å². The number of ether oxygens (including phenoxy) is 2. The van der Waals surface area contributed by atoms with Crippen LogP contribution in [0.15, 0.2) is 16.6 Å². The number of carbonyl (C=O) groups excluding carboxylic acids is 1. The van der Waals surface area contributed by atoms with Gasteiger partial charge >= 0.3 is 0 Å². The van der Waals surface area contributed by atoms with Crippen LogP contribution >= 0.6 is 15.9 Å². The van der Waals surface area contributed by atoms with Crippen LogP contribution in [-0.2, 0) is 10.2 Å². The predicted octanol–water partition coefficient (Wildman–Crippen LogP) is 2.45. The fraction of sp³-hybridized carbons (Fsp3) is 0.417. The smallest absolute Gasteiger partial charge is 0.162 e. The van der Waals surface area contributed by atoms with Crippen LogP contribution in [0, 0.1) is 0 Å². The summed E-state index contributed by atoms with van der Waals surface area (Å²) in [7, 11) is 0. The molecule has 0 radical (unpaired) electrons. The summed E-state index contributed by atoms with van der Waals surface area (Å²) in [6, 6.07) is 3.83. The molecule has 1 fully saturated rings. The van der Waals surface area contributed by atoms with Gasteiger partial charge in [-0.1, -0.05) is 15.9 Å². The Morgan fingerprint density at radius 3 is 2.38 bits per heavy atom. The number of hydrogen-bond donors (Lipinski definition) is 0. The van der Waals surface area contributed by atoms with Gasteiger partial charge in [0.2, 0.25) is 0 Å². The minimum atomic E-state index is -0.283. The van der Waals surface area contributed by atoms with Crippen molar-refractivity contribution in [3.05, 3.63) is 22.2 Å². The molecule has 0 aromatic heterocycles. The molecule has 84 valence electrons. The SMILES string of the molecule is O=CC1(c2cc3c(cc2Br)OCCO3)CC1. The monoisotopic (exact) mass is 282 g/mol. The van der Waals surface area contributed by atoms with Crippen LogP contribution in [0.2, 0.25) is 0 Å². The highest BCUT2D eigenvalue weighted by molar-refractivity contribution is 9.10. The Labute approximate surface area is 102 Å². The van der Waals surface area contributed by atoms with E-state index in [2.05, 4.69) is 15.9 Å². The van der Waals surface area contributed by atoms with Crippen LogP contribution in [-0.4, -0.2) is 19.5 Å². The van der Waals surface area contributed by atoms with Gasteiger partial charge in [-0.05, 0) is 30.5 Å². The van der Waals surface area contributed by atoms with Crippen molar-refractivity contribution in [3.63, 3.8) is 0 Å². The van der Waals surface area contributed by atoms with Gasteiger partial charge in [0.25, 0.3) is 0 Å². The summed E-state index contributed by atoms with van der Waals surface area (Å²) < 4.78 is 11.9. The van der Waals surface area contributed by atoms with Crippen LogP contribution in [0.4, 0.5) is 0 Å². The molecule has 0 saturated heterocycles. The summed E-state index contributed by atoms with van der Waals surface area (Å²) in [5, 5.41) is 0. The van der Waals surface area contributed by atoms with E-state index in [1.165, 1.54) is 0 Å². The molecule has 4 heteroatoms. The Morgan fingerprint density at radius 2 is 1.81 bits per heavy atom. The lowest BCUT2D eigenvalue weighted by Gasteiger charge is -2.21. The molecule has 1 aliphatic carbocycles. The van der Waals surface area contributed by atoms with Crippen molar-refractivity contribution in [2.45, 2.75) is 18.3 Å². The third-order valence-electron chi connectivity index (χ3n) is 3.18. The maximum absolute atomic E-state index is 11.1. The van der Waals surface area contributed by atoms with Gasteiger partial charge < -0.3 is 14.3 Å². The number of fused-ring (bicyclic) bond motifs is 1. The largest absolute Gasteiger partial charge is 0.486 e. The third-order valence-corrected chi connectivity index (χ3v) is 3.84. The van der Waals surface area contributed by atoms with Gasteiger partial charge in [-0.2, -0.15) is 0 Å². The highest BCUT2D eigenvalue weighted by Crippen LogP contribution is 2.51. The van der Waals surface area contributed by atoms with Crippen molar-refractivity contribution in [1.29, 1.82) is 0 Å². The molecular formula is C12H11BrO3. The lowest BCUT2D eigenvalue weighted by molar-refractivity contribution is -0.109. The van der Waals surface area contributed by atoms with Gasteiger partial charge in [-0.25, -0.2) is 0 Å². The Hall–Kier alpha value is -1.03. The van der Waals surface area contributed by atoms with E-state index in [-0.39, 0.29) is 5.41 Å². The first kappa shape index (κ1) is 10.1. The molecule has 0 atom stereocenters. The van der Waals surface area contributed by atoms with E-state index < -0.39 is 0 Å². The summed E-state index contributed by atoms with van der Waals surface area (Å²) in [5.74, 6) is 1.50. The average Bonchev–Trinajstić information content (AvgIpc) is 3.09. The van der Waals surface area contributed by atoms with Gasteiger partial charge in [0.1, 0.15) is 19.5 Å². The van der Waals surface area contributed by atoms with Crippen LogP contribution in [0.1, 0.15) is 18.4 Å². The molecule has 3 nitrogen and oxygen atoms in total. The second-order valence-electron chi connectivity index (χ2n) is 4.25. The zero-order chi connectivity index (χ0) is 11.2. The first-order chi connectivity index (χ1) is 7.75. The second-order valence-corrected chi connectivity index (χ2v) is 5.10. The highest BCUT2D eigenvalue weighted by atomic mass is 79.9. The van der Waals surface area contributed by atoms with Gasteiger partial charge in [0.05, 0.1) is 5.41 Å². The molecule has 1 aliphatic heterocycles. The van der Waals surface area contributed by atoms with Gasteiger partial charge in [-0.3, -0.25) is 0 Å². The van der Waals surface area contributed by atoms with E-state index in [0.717, 1.165) is 40.7 Å². The van der Waals surface area contributed by atoms with E-state index in [9.17, 15) is 4.79 Å². The number of halogens is 1. The third kappa shape index (κ3) is 1.44. The molecule has 2 aliphatic rings. The highest BCUT2D eigenvalue weighted by Gasteiger charge is 2.46. The molecule has 0 unspecified atom stereocenters. The molecule has 0 spiro atoms. The average molecular weight is 283 g/mol. The maximum Gasteiger partial charge on any atom is 0.162 e. The Kier molecular flexibility index (Phi) is 2.21. The Morgan fingerprint density at radius 1 is 1.19 bits per heavy atom. The molecule has 0 amide bonds. The van der Waals surface area contributed by atoms with Crippen molar-refractivity contribution < 1.29 is 14.3 Å². The number of rotatable bonds is 2. The number of benzene rings is 1. The van der Waals surface area contributed by atoms with E-state index >= 15 is 0 Å². The zero-order valence-electron chi connectivity index (χ0n) is 8.66. The van der Waals surface area contributed by atoms with Crippen LogP contribution < -0.4 is 9.47 Å². The minimum Gasteiger partial charge on any atom is -0.486 e. The van der Waals surface area contributed by atoms with Crippen LogP contribution in [0.3, 0.4) is 0 Å². The molecule has 1 aromatic rings. The summed E-state index contributed by atoms with van der Waals surface area (Å²) in [4.78, 5) is 11.1. The quantitative estimate of drug-likeness (QED) is 0.782. The van der Waals surface area contributed by atoms with Crippen LogP contribution in [0.25, 0.3) is 0 Å².